The molecule has 0 saturated carbocycles. The molecule has 0 aliphatic heterocycles. The summed E-state index contributed by atoms with van der Waals surface area (Å²) in [5, 5.41) is 3.28. The van der Waals surface area contributed by atoms with Crippen molar-refractivity contribution in [2.75, 3.05) is 45.8 Å². The van der Waals surface area contributed by atoms with Crippen LogP contribution >= 0.6 is 11.3 Å². The van der Waals surface area contributed by atoms with E-state index in [0.717, 1.165) is 22.8 Å². The number of methoxy groups -OCH3 is 1. The van der Waals surface area contributed by atoms with Crippen molar-refractivity contribution in [2.45, 2.75) is 27.7 Å². The van der Waals surface area contributed by atoms with Crippen molar-refractivity contribution in [3.8, 4) is 11.8 Å². The highest BCUT2D eigenvalue weighted by atomic mass is 32.1. The summed E-state index contributed by atoms with van der Waals surface area (Å²) >= 11 is 1.34. The zero-order valence-corrected chi connectivity index (χ0v) is 17.5. The normalized spacial score (nSPS) is 10.7. The predicted molar refractivity (Wildman–Crippen MR) is 109 cm³/mol. The fourth-order valence-corrected chi connectivity index (χ4v) is 2.82. The van der Waals surface area contributed by atoms with E-state index in [9.17, 15) is 4.79 Å². The van der Waals surface area contributed by atoms with Crippen molar-refractivity contribution in [2.24, 2.45) is 5.41 Å². The van der Waals surface area contributed by atoms with Gasteiger partial charge in [0.2, 0.25) is 0 Å². The molecule has 0 fully saturated rings. The van der Waals surface area contributed by atoms with Gasteiger partial charge in [0.15, 0.2) is 0 Å². The number of nitrogens with one attached hydrogen (secondary N) is 1. The molecule has 144 valence electrons. The standard InChI is InChI=1S/C20H30N2O3S/c1-8-25-12-11-22(6)15(2)14-21-17-13-16(9-10-20(3,4)5)26-18(17)19(23)24-7/h13,21H,2,8,11-12,14H2,1,3-7H3. The summed E-state index contributed by atoms with van der Waals surface area (Å²) in [7, 11) is 3.35. The number of ether oxygens (including phenoxy) is 2. The molecule has 0 saturated heterocycles. The van der Waals surface area contributed by atoms with Gasteiger partial charge in [0, 0.05) is 31.3 Å². The van der Waals surface area contributed by atoms with Crippen LogP contribution in [0.2, 0.25) is 0 Å². The fourth-order valence-electron chi connectivity index (χ4n) is 1.91. The third-order valence-corrected chi connectivity index (χ3v) is 4.49. The van der Waals surface area contributed by atoms with Gasteiger partial charge in [-0.15, -0.1) is 11.3 Å². The zero-order valence-electron chi connectivity index (χ0n) is 16.7. The first-order valence-electron chi connectivity index (χ1n) is 8.63. The van der Waals surface area contributed by atoms with Gasteiger partial charge < -0.3 is 19.7 Å². The van der Waals surface area contributed by atoms with E-state index < -0.39 is 0 Å². The van der Waals surface area contributed by atoms with Gasteiger partial charge in [0.1, 0.15) is 4.88 Å². The van der Waals surface area contributed by atoms with Crippen LogP contribution < -0.4 is 5.32 Å². The number of hydrogen-bond donors (Lipinski definition) is 1. The average Bonchev–Trinajstić information content (AvgIpc) is 3.00. The minimum Gasteiger partial charge on any atom is -0.465 e. The van der Waals surface area contributed by atoms with Crippen LogP contribution in [0.4, 0.5) is 5.69 Å². The second-order valence-corrected chi connectivity index (χ2v) is 7.94. The maximum absolute atomic E-state index is 12.1. The monoisotopic (exact) mass is 378 g/mol. The van der Waals surface area contributed by atoms with E-state index in [1.54, 1.807) is 0 Å². The van der Waals surface area contributed by atoms with Gasteiger partial charge in [-0.3, -0.25) is 0 Å². The Bertz CT molecular complexity index is 677. The second kappa shape index (κ2) is 10.2. The maximum atomic E-state index is 12.1. The van der Waals surface area contributed by atoms with Crippen LogP contribution in [0.3, 0.4) is 0 Å². The molecule has 0 amide bonds. The topological polar surface area (TPSA) is 50.8 Å². The summed E-state index contributed by atoms with van der Waals surface area (Å²) in [5.74, 6) is 5.96. The van der Waals surface area contributed by atoms with Crippen LogP contribution in [0, 0.1) is 17.3 Å². The number of thiophene rings is 1. The Kier molecular flexibility index (Phi) is 8.70. The van der Waals surface area contributed by atoms with Gasteiger partial charge >= 0.3 is 5.97 Å². The lowest BCUT2D eigenvalue weighted by Gasteiger charge is -2.22. The van der Waals surface area contributed by atoms with Gasteiger partial charge in [-0.25, -0.2) is 4.79 Å². The molecule has 1 N–H and O–H groups in total. The molecule has 0 atom stereocenters. The molecule has 6 heteroatoms. The first-order chi connectivity index (χ1) is 12.2. The fraction of sp³-hybridized carbons (Fsp3) is 0.550. The minimum atomic E-state index is -0.364. The van der Waals surface area contributed by atoms with Gasteiger partial charge in [0.05, 0.1) is 30.8 Å². The summed E-state index contributed by atoms with van der Waals surface area (Å²) in [6, 6.07) is 1.89. The van der Waals surface area contributed by atoms with Crippen LogP contribution in [-0.4, -0.2) is 51.3 Å². The highest BCUT2D eigenvalue weighted by Crippen LogP contribution is 2.28. The van der Waals surface area contributed by atoms with E-state index >= 15 is 0 Å². The van der Waals surface area contributed by atoms with E-state index in [-0.39, 0.29) is 11.4 Å². The Morgan fingerprint density at radius 1 is 1.42 bits per heavy atom. The molecule has 0 radical (unpaired) electrons. The second-order valence-electron chi connectivity index (χ2n) is 6.88. The molecule has 1 aromatic rings. The molecule has 0 aromatic carbocycles. The molecule has 5 nitrogen and oxygen atoms in total. The zero-order chi connectivity index (χ0) is 19.7. The summed E-state index contributed by atoms with van der Waals surface area (Å²) < 4.78 is 10.3. The number of esters is 1. The highest BCUT2D eigenvalue weighted by Gasteiger charge is 2.17. The third-order valence-electron chi connectivity index (χ3n) is 3.46. The van der Waals surface area contributed by atoms with Gasteiger partial charge in [-0.2, -0.15) is 0 Å². The molecule has 0 bridgehead atoms. The van der Waals surface area contributed by atoms with Gasteiger partial charge in [-0.05, 0) is 33.8 Å². The Balaban J connectivity index is 2.83. The van der Waals surface area contributed by atoms with Crippen LogP contribution in [-0.2, 0) is 9.47 Å². The summed E-state index contributed by atoms with van der Waals surface area (Å²) in [5.41, 5.74) is 1.54. The summed E-state index contributed by atoms with van der Waals surface area (Å²) in [6.45, 7) is 14.9. The van der Waals surface area contributed by atoms with Gasteiger partial charge in [-0.1, -0.05) is 18.4 Å². The van der Waals surface area contributed by atoms with E-state index in [1.807, 2.05) is 24.9 Å². The number of rotatable bonds is 9. The average molecular weight is 379 g/mol. The molecule has 26 heavy (non-hydrogen) atoms. The van der Waals surface area contributed by atoms with E-state index in [2.05, 4.69) is 44.5 Å². The number of carbonyl (C=O) groups is 1. The lowest BCUT2D eigenvalue weighted by Crippen LogP contribution is -2.26. The number of nitrogens with zero attached hydrogens (tertiary/aromatic N) is 1. The molecule has 1 heterocycles. The quantitative estimate of drug-likeness (QED) is 0.402. The lowest BCUT2D eigenvalue weighted by molar-refractivity contribution is 0.0607. The van der Waals surface area contributed by atoms with Crippen molar-refractivity contribution in [1.29, 1.82) is 0 Å². The Morgan fingerprint density at radius 3 is 2.69 bits per heavy atom. The largest absolute Gasteiger partial charge is 0.465 e. The van der Waals surface area contributed by atoms with Crippen LogP contribution in [0.15, 0.2) is 18.3 Å². The molecular formula is C20H30N2O3S. The number of anilines is 1. The summed E-state index contributed by atoms with van der Waals surface area (Å²) in [4.78, 5) is 15.4. The Morgan fingerprint density at radius 2 is 2.12 bits per heavy atom. The van der Waals surface area contributed by atoms with E-state index in [0.29, 0.717) is 24.6 Å². The Labute approximate surface area is 161 Å². The van der Waals surface area contributed by atoms with E-state index in [4.69, 9.17) is 9.47 Å². The van der Waals surface area contributed by atoms with Crippen molar-refractivity contribution in [3.05, 3.63) is 28.1 Å². The molecule has 0 spiro atoms. The first kappa shape index (κ1) is 22.1. The van der Waals surface area contributed by atoms with E-state index in [1.165, 1.54) is 18.4 Å². The minimum absolute atomic E-state index is 0.0967. The number of likely N-dealkylation sites (N-methyl/N-ethyl adjacent to an activating group) is 1. The number of carbonyl (C=O) groups excluding carboxylic acids is 1. The molecule has 1 rings (SSSR count). The maximum Gasteiger partial charge on any atom is 0.350 e. The van der Waals surface area contributed by atoms with Crippen molar-refractivity contribution >= 4 is 23.0 Å². The Hall–Kier alpha value is -1.97. The molecule has 0 unspecified atom stereocenters. The molecule has 0 aliphatic rings. The first-order valence-corrected chi connectivity index (χ1v) is 9.45. The smallest absolute Gasteiger partial charge is 0.350 e. The van der Waals surface area contributed by atoms with Crippen molar-refractivity contribution in [1.82, 2.24) is 4.90 Å². The van der Waals surface area contributed by atoms with Crippen molar-refractivity contribution < 1.29 is 14.3 Å². The van der Waals surface area contributed by atoms with Crippen LogP contribution in [0.25, 0.3) is 0 Å². The third kappa shape index (κ3) is 7.51. The SMILES string of the molecule is C=C(CNc1cc(C#CC(C)(C)C)sc1C(=O)OC)N(C)CCOCC. The van der Waals surface area contributed by atoms with Crippen LogP contribution in [0.1, 0.15) is 42.2 Å². The molecule has 1 aromatic heterocycles. The lowest BCUT2D eigenvalue weighted by atomic mass is 9.98. The summed E-state index contributed by atoms with van der Waals surface area (Å²) in [6.07, 6.45) is 0. The molecule has 0 aliphatic carbocycles. The highest BCUT2D eigenvalue weighted by molar-refractivity contribution is 7.15. The van der Waals surface area contributed by atoms with Gasteiger partial charge in [0.25, 0.3) is 0 Å². The number of hydrogen-bond acceptors (Lipinski definition) is 6. The molecular weight excluding hydrogens is 348 g/mol. The predicted octanol–water partition coefficient (Wildman–Crippen LogP) is 3.83. The van der Waals surface area contributed by atoms with Crippen molar-refractivity contribution in [3.63, 3.8) is 0 Å². The van der Waals surface area contributed by atoms with Crippen LogP contribution in [0.5, 0.6) is 0 Å².